The van der Waals surface area contributed by atoms with E-state index in [-0.39, 0.29) is 5.91 Å². The molecule has 1 aromatic rings. The third-order valence-electron chi connectivity index (χ3n) is 3.35. The Balaban J connectivity index is 1.87. The van der Waals surface area contributed by atoms with Gasteiger partial charge < -0.3 is 4.90 Å². The fourth-order valence-electron chi connectivity index (χ4n) is 2.43. The summed E-state index contributed by atoms with van der Waals surface area (Å²) in [6, 6.07) is 0. The Morgan fingerprint density at radius 1 is 1.50 bits per heavy atom. The van der Waals surface area contributed by atoms with Crippen molar-refractivity contribution in [1.82, 2.24) is 15.1 Å². The van der Waals surface area contributed by atoms with Crippen molar-refractivity contribution in [1.29, 1.82) is 0 Å². The molecular formula is C12H19N3O. The minimum atomic E-state index is 0.0688. The Morgan fingerprint density at radius 2 is 2.25 bits per heavy atom. The summed E-state index contributed by atoms with van der Waals surface area (Å²) in [5.41, 5.74) is 0.651. The van der Waals surface area contributed by atoms with Crippen LogP contribution in [0, 0.1) is 5.92 Å². The number of amides is 1. The summed E-state index contributed by atoms with van der Waals surface area (Å²) in [6.45, 7) is 0.879. The minimum Gasteiger partial charge on any atom is -0.341 e. The van der Waals surface area contributed by atoms with Gasteiger partial charge in [-0.1, -0.05) is 19.3 Å². The van der Waals surface area contributed by atoms with Gasteiger partial charge in [-0.25, -0.2) is 0 Å². The lowest BCUT2D eigenvalue weighted by Gasteiger charge is -2.26. The molecule has 1 saturated carbocycles. The SMILES string of the molecule is CN(CC1CCCCC1)C(=O)c1cn[nH]c1. The molecule has 16 heavy (non-hydrogen) atoms. The van der Waals surface area contributed by atoms with E-state index in [0.717, 1.165) is 6.54 Å². The highest BCUT2D eigenvalue weighted by Crippen LogP contribution is 2.24. The van der Waals surface area contributed by atoms with Crippen LogP contribution >= 0.6 is 0 Å². The molecule has 0 aliphatic heterocycles. The molecule has 1 heterocycles. The molecule has 1 N–H and O–H groups in total. The zero-order valence-corrected chi connectivity index (χ0v) is 9.78. The van der Waals surface area contributed by atoms with E-state index in [1.807, 2.05) is 11.9 Å². The van der Waals surface area contributed by atoms with E-state index >= 15 is 0 Å². The Kier molecular flexibility index (Phi) is 3.59. The number of nitrogens with one attached hydrogen (secondary N) is 1. The maximum Gasteiger partial charge on any atom is 0.256 e. The second-order valence-corrected chi connectivity index (χ2v) is 4.68. The number of rotatable bonds is 3. The zero-order valence-electron chi connectivity index (χ0n) is 9.78. The largest absolute Gasteiger partial charge is 0.341 e. The fraction of sp³-hybridized carbons (Fsp3) is 0.667. The van der Waals surface area contributed by atoms with Crippen molar-refractivity contribution < 1.29 is 4.79 Å². The maximum atomic E-state index is 11.9. The molecule has 1 aliphatic carbocycles. The molecular weight excluding hydrogens is 202 g/mol. The maximum absolute atomic E-state index is 11.9. The van der Waals surface area contributed by atoms with Crippen LogP contribution < -0.4 is 0 Å². The number of nitrogens with zero attached hydrogens (tertiary/aromatic N) is 2. The Hall–Kier alpha value is -1.32. The molecule has 0 spiro atoms. The first kappa shape index (κ1) is 11.2. The highest BCUT2D eigenvalue weighted by molar-refractivity contribution is 5.93. The van der Waals surface area contributed by atoms with E-state index in [1.54, 1.807) is 12.4 Å². The summed E-state index contributed by atoms with van der Waals surface area (Å²) in [4.78, 5) is 13.8. The monoisotopic (exact) mass is 221 g/mol. The van der Waals surface area contributed by atoms with Gasteiger partial charge in [-0.3, -0.25) is 9.89 Å². The molecule has 0 unspecified atom stereocenters. The summed E-state index contributed by atoms with van der Waals surface area (Å²) < 4.78 is 0. The van der Waals surface area contributed by atoms with Crippen LogP contribution in [-0.2, 0) is 0 Å². The van der Waals surface area contributed by atoms with Gasteiger partial charge in [0.25, 0.3) is 5.91 Å². The highest BCUT2D eigenvalue weighted by atomic mass is 16.2. The van der Waals surface area contributed by atoms with E-state index in [0.29, 0.717) is 11.5 Å². The summed E-state index contributed by atoms with van der Waals surface area (Å²) >= 11 is 0. The van der Waals surface area contributed by atoms with Gasteiger partial charge in [0, 0.05) is 19.8 Å². The first-order chi connectivity index (χ1) is 7.77. The Bertz CT molecular complexity index is 328. The standard InChI is InChI=1S/C12H19N3O/c1-15(9-10-5-3-2-4-6-10)12(16)11-7-13-14-8-11/h7-8,10H,2-6,9H2,1H3,(H,13,14). The van der Waals surface area contributed by atoms with Gasteiger partial charge in [0.2, 0.25) is 0 Å². The third-order valence-corrected chi connectivity index (χ3v) is 3.35. The van der Waals surface area contributed by atoms with Gasteiger partial charge in [0.1, 0.15) is 0 Å². The minimum absolute atomic E-state index is 0.0688. The van der Waals surface area contributed by atoms with Crippen LogP contribution in [0.15, 0.2) is 12.4 Å². The molecule has 0 saturated heterocycles. The number of aromatic nitrogens is 2. The van der Waals surface area contributed by atoms with E-state index in [9.17, 15) is 4.79 Å². The predicted molar refractivity (Wildman–Crippen MR) is 62.1 cm³/mol. The van der Waals surface area contributed by atoms with Crippen LogP contribution in [0.2, 0.25) is 0 Å². The molecule has 1 aliphatic rings. The summed E-state index contributed by atoms with van der Waals surface area (Å²) in [5, 5.41) is 6.47. The first-order valence-electron chi connectivity index (χ1n) is 6.01. The van der Waals surface area contributed by atoms with E-state index in [2.05, 4.69) is 10.2 Å². The average molecular weight is 221 g/mol. The van der Waals surface area contributed by atoms with Crippen LogP contribution in [-0.4, -0.2) is 34.6 Å². The Labute approximate surface area is 96.0 Å². The zero-order chi connectivity index (χ0) is 11.4. The number of H-pyrrole nitrogens is 1. The molecule has 0 atom stereocenters. The van der Waals surface area contributed by atoms with Crippen molar-refractivity contribution in [3.8, 4) is 0 Å². The number of hydrogen-bond donors (Lipinski definition) is 1. The molecule has 1 amide bonds. The quantitative estimate of drug-likeness (QED) is 0.849. The molecule has 1 aromatic heterocycles. The number of carbonyl (C=O) groups is 1. The third kappa shape index (κ3) is 2.62. The van der Waals surface area contributed by atoms with Crippen molar-refractivity contribution in [3.05, 3.63) is 18.0 Å². The smallest absolute Gasteiger partial charge is 0.256 e. The van der Waals surface area contributed by atoms with Gasteiger partial charge in [-0.05, 0) is 18.8 Å². The van der Waals surface area contributed by atoms with Crippen LogP contribution in [0.5, 0.6) is 0 Å². The van der Waals surface area contributed by atoms with Crippen molar-refractivity contribution >= 4 is 5.91 Å². The van der Waals surface area contributed by atoms with Crippen LogP contribution in [0.3, 0.4) is 0 Å². The molecule has 4 nitrogen and oxygen atoms in total. The topological polar surface area (TPSA) is 49.0 Å². The summed E-state index contributed by atoms with van der Waals surface area (Å²) in [5.74, 6) is 0.758. The van der Waals surface area contributed by atoms with Gasteiger partial charge in [-0.2, -0.15) is 5.10 Å². The van der Waals surface area contributed by atoms with Gasteiger partial charge >= 0.3 is 0 Å². The molecule has 0 bridgehead atoms. The van der Waals surface area contributed by atoms with Crippen molar-refractivity contribution in [2.75, 3.05) is 13.6 Å². The normalized spacial score (nSPS) is 17.3. The highest BCUT2D eigenvalue weighted by Gasteiger charge is 2.19. The van der Waals surface area contributed by atoms with E-state index in [1.165, 1.54) is 32.1 Å². The van der Waals surface area contributed by atoms with Crippen LogP contribution in [0.4, 0.5) is 0 Å². The molecule has 2 rings (SSSR count). The number of aromatic amines is 1. The Morgan fingerprint density at radius 3 is 2.88 bits per heavy atom. The summed E-state index contributed by atoms with van der Waals surface area (Å²) in [6.07, 6.45) is 9.76. The molecule has 0 aromatic carbocycles. The van der Waals surface area contributed by atoms with Crippen molar-refractivity contribution in [2.45, 2.75) is 32.1 Å². The van der Waals surface area contributed by atoms with E-state index < -0.39 is 0 Å². The fourth-order valence-corrected chi connectivity index (χ4v) is 2.43. The second-order valence-electron chi connectivity index (χ2n) is 4.68. The van der Waals surface area contributed by atoms with Crippen molar-refractivity contribution in [2.24, 2.45) is 5.92 Å². The number of carbonyl (C=O) groups excluding carboxylic acids is 1. The predicted octanol–water partition coefficient (Wildman–Crippen LogP) is 2.06. The molecule has 88 valence electrons. The first-order valence-corrected chi connectivity index (χ1v) is 6.01. The summed E-state index contributed by atoms with van der Waals surface area (Å²) in [7, 11) is 1.88. The van der Waals surface area contributed by atoms with Gasteiger partial charge in [0.05, 0.1) is 11.8 Å². The van der Waals surface area contributed by atoms with E-state index in [4.69, 9.17) is 0 Å². The average Bonchev–Trinajstić information content (AvgIpc) is 2.83. The molecule has 4 heteroatoms. The van der Waals surface area contributed by atoms with Gasteiger partial charge in [-0.15, -0.1) is 0 Å². The van der Waals surface area contributed by atoms with Gasteiger partial charge in [0.15, 0.2) is 0 Å². The van der Waals surface area contributed by atoms with Crippen molar-refractivity contribution in [3.63, 3.8) is 0 Å². The van der Waals surface area contributed by atoms with Crippen LogP contribution in [0.1, 0.15) is 42.5 Å². The lowest BCUT2D eigenvalue weighted by Crippen LogP contribution is -2.32. The lowest BCUT2D eigenvalue weighted by molar-refractivity contribution is 0.0760. The second kappa shape index (κ2) is 5.14. The number of hydrogen-bond acceptors (Lipinski definition) is 2. The molecule has 0 radical (unpaired) electrons. The lowest BCUT2D eigenvalue weighted by atomic mass is 9.89. The van der Waals surface area contributed by atoms with Crippen LogP contribution in [0.25, 0.3) is 0 Å². The molecule has 1 fully saturated rings.